The van der Waals surface area contributed by atoms with Gasteiger partial charge in [0.1, 0.15) is 5.82 Å². The normalized spacial score (nSPS) is 21.4. The molecule has 2 fully saturated rings. The molecule has 2 saturated heterocycles. The fourth-order valence-corrected chi connectivity index (χ4v) is 3.98. The number of likely N-dealkylation sites (tertiary alicyclic amines) is 1. The smallest absolute Gasteiger partial charge is 0.239 e. The van der Waals surface area contributed by atoms with Crippen molar-refractivity contribution in [2.45, 2.75) is 39.2 Å². The Morgan fingerprint density at radius 2 is 1.86 bits per heavy atom. The predicted molar refractivity (Wildman–Crippen MR) is 88.3 cm³/mol. The van der Waals surface area contributed by atoms with E-state index < -0.39 is 0 Å². The van der Waals surface area contributed by atoms with Crippen LogP contribution < -0.4 is 4.90 Å². The van der Waals surface area contributed by atoms with Gasteiger partial charge in [-0.05, 0) is 19.8 Å². The Kier molecular flexibility index (Phi) is 4.93. The second-order valence-corrected chi connectivity index (χ2v) is 6.81. The molecule has 0 aliphatic carbocycles. The monoisotopic (exact) mass is 323 g/mol. The zero-order chi connectivity index (χ0) is 15.5. The fourth-order valence-electron chi connectivity index (χ4n) is 3.18. The van der Waals surface area contributed by atoms with Crippen LogP contribution in [0.4, 0.5) is 5.13 Å². The minimum Gasteiger partial charge on any atom is -0.344 e. The summed E-state index contributed by atoms with van der Waals surface area (Å²) in [5.41, 5.74) is 0. The molecule has 22 heavy (non-hydrogen) atoms. The molecule has 2 aliphatic heterocycles. The zero-order valence-electron chi connectivity index (χ0n) is 13.5. The van der Waals surface area contributed by atoms with Gasteiger partial charge in [0.25, 0.3) is 0 Å². The molecule has 0 saturated carbocycles. The van der Waals surface area contributed by atoms with Crippen molar-refractivity contribution >= 4 is 22.6 Å². The van der Waals surface area contributed by atoms with E-state index in [1.807, 2.05) is 4.90 Å². The minimum atomic E-state index is 0.000808. The summed E-state index contributed by atoms with van der Waals surface area (Å²) < 4.78 is 4.36. The van der Waals surface area contributed by atoms with Gasteiger partial charge < -0.3 is 9.80 Å². The van der Waals surface area contributed by atoms with Crippen molar-refractivity contribution in [1.82, 2.24) is 19.2 Å². The van der Waals surface area contributed by atoms with Crippen molar-refractivity contribution in [1.29, 1.82) is 0 Å². The predicted octanol–water partition coefficient (Wildman–Crippen LogP) is 1.23. The van der Waals surface area contributed by atoms with Crippen molar-refractivity contribution in [3.8, 4) is 0 Å². The third kappa shape index (κ3) is 3.25. The Morgan fingerprint density at radius 3 is 2.45 bits per heavy atom. The number of amides is 1. The van der Waals surface area contributed by atoms with Crippen molar-refractivity contribution < 1.29 is 4.79 Å². The Bertz CT molecular complexity index is 506. The van der Waals surface area contributed by atoms with Gasteiger partial charge in [0.15, 0.2) is 0 Å². The van der Waals surface area contributed by atoms with Gasteiger partial charge in [0, 0.05) is 57.2 Å². The molecule has 122 valence electrons. The molecule has 1 unspecified atom stereocenters. The Hall–Kier alpha value is -1.21. The Balaban J connectivity index is 1.53. The maximum atomic E-state index is 12.5. The summed E-state index contributed by atoms with van der Waals surface area (Å²) >= 11 is 1.49. The van der Waals surface area contributed by atoms with Gasteiger partial charge in [-0.15, -0.1) is 0 Å². The fraction of sp³-hybridized carbons (Fsp3) is 0.800. The number of nitrogens with zero attached hydrogens (tertiary/aromatic N) is 5. The molecule has 2 aliphatic rings. The number of aromatic nitrogens is 2. The standard InChI is InChI=1S/C15H25N5OS/c1-3-13-16-15(22-17-13)20-10-8-18(9-11-20)12(2)14(21)19-6-4-5-7-19/h12H,3-11H2,1-2H3. The van der Waals surface area contributed by atoms with Gasteiger partial charge >= 0.3 is 0 Å². The van der Waals surface area contributed by atoms with E-state index in [0.29, 0.717) is 5.91 Å². The molecule has 0 aromatic carbocycles. The topological polar surface area (TPSA) is 52.6 Å². The molecule has 0 bridgehead atoms. The molecule has 7 heteroatoms. The molecule has 1 aromatic heterocycles. The van der Waals surface area contributed by atoms with Crippen LogP contribution >= 0.6 is 11.5 Å². The van der Waals surface area contributed by atoms with Gasteiger partial charge in [-0.3, -0.25) is 9.69 Å². The summed E-state index contributed by atoms with van der Waals surface area (Å²) in [6.45, 7) is 9.70. The van der Waals surface area contributed by atoms with Crippen LogP contribution in [0.15, 0.2) is 0 Å². The highest BCUT2D eigenvalue weighted by atomic mass is 32.1. The van der Waals surface area contributed by atoms with Crippen LogP contribution in [0.3, 0.4) is 0 Å². The van der Waals surface area contributed by atoms with E-state index in [1.165, 1.54) is 11.5 Å². The summed E-state index contributed by atoms with van der Waals surface area (Å²) in [4.78, 5) is 23.7. The first-order valence-electron chi connectivity index (χ1n) is 8.29. The van der Waals surface area contributed by atoms with Crippen LogP contribution in [0, 0.1) is 0 Å². The van der Waals surface area contributed by atoms with E-state index in [-0.39, 0.29) is 6.04 Å². The molecule has 0 N–H and O–H groups in total. The Morgan fingerprint density at radius 1 is 1.18 bits per heavy atom. The van der Waals surface area contributed by atoms with Gasteiger partial charge in [-0.25, -0.2) is 4.98 Å². The number of anilines is 1. The maximum absolute atomic E-state index is 12.5. The molecule has 0 spiro atoms. The van der Waals surface area contributed by atoms with Crippen LogP contribution in [-0.2, 0) is 11.2 Å². The highest BCUT2D eigenvalue weighted by molar-refractivity contribution is 7.09. The molecule has 3 heterocycles. The average Bonchev–Trinajstić information content (AvgIpc) is 3.25. The number of piperazine rings is 1. The molecule has 6 nitrogen and oxygen atoms in total. The summed E-state index contributed by atoms with van der Waals surface area (Å²) in [6.07, 6.45) is 3.20. The van der Waals surface area contributed by atoms with Crippen molar-refractivity contribution in [3.63, 3.8) is 0 Å². The van der Waals surface area contributed by atoms with E-state index in [1.54, 1.807) is 0 Å². The third-order valence-corrected chi connectivity index (χ3v) is 5.50. The van der Waals surface area contributed by atoms with Crippen LogP contribution in [0.2, 0.25) is 0 Å². The molecule has 1 atom stereocenters. The van der Waals surface area contributed by atoms with E-state index in [2.05, 4.69) is 33.0 Å². The first-order valence-corrected chi connectivity index (χ1v) is 9.06. The quantitative estimate of drug-likeness (QED) is 0.834. The number of carbonyl (C=O) groups is 1. The SMILES string of the molecule is CCc1nsc(N2CCN(C(C)C(=O)N3CCCC3)CC2)n1. The Labute approximate surface area is 136 Å². The largest absolute Gasteiger partial charge is 0.344 e. The van der Waals surface area contributed by atoms with Gasteiger partial charge in [0.2, 0.25) is 11.0 Å². The lowest BCUT2D eigenvalue weighted by atomic mass is 10.2. The van der Waals surface area contributed by atoms with Gasteiger partial charge in [0.05, 0.1) is 6.04 Å². The van der Waals surface area contributed by atoms with Crippen LogP contribution in [0.1, 0.15) is 32.5 Å². The molecule has 1 amide bonds. The van der Waals surface area contributed by atoms with E-state index in [0.717, 1.165) is 69.5 Å². The van der Waals surface area contributed by atoms with Gasteiger partial charge in [-0.2, -0.15) is 4.37 Å². The van der Waals surface area contributed by atoms with Crippen LogP contribution in [0.25, 0.3) is 0 Å². The third-order valence-electron chi connectivity index (χ3n) is 4.68. The number of rotatable bonds is 4. The molecule has 1 aromatic rings. The second kappa shape index (κ2) is 6.91. The van der Waals surface area contributed by atoms with E-state index >= 15 is 0 Å². The highest BCUT2D eigenvalue weighted by Crippen LogP contribution is 2.20. The molecule has 0 radical (unpaired) electrons. The molecule has 3 rings (SSSR count). The number of hydrogen-bond acceptors (Lipinski definition) is 6. The lowest BCUT2D eigenvalue weighted by molar-refractivity contribution is -0.135. The second-order valence-electron chi connectivity index (χ2n) is 6.08. The highest BCUT2D eigenvalue weighted by Gasteiger charge is 2.30. The van der Waals surface area contributed by atoms with Crippen LogP contribution in [0.5, 0.6) is 0 Å². The lowest BCUT2D eigenvalue weighted by Crippen LogP contribution is -2.54. The van der Waals surface area contributed by atoms with Crippen molar-refractivity contribution in [2.75, 3.05) is 44.2 Å². The van der Waals surface area contributed by atoms with Crippen molar-refractivity contribution in [3.05, 3.63) is 5.82 Å². The maximum Gasteiger partial charge on any atom is 0.239 e. The van der Waals surface area contributed by atoms with E-state index in [9.17, 15) is 4.79 Å². The minimum absolute atomic E-state index is 0.000808. The number of aryl methyl sites for hydroxylation is 1. The van der Waals surface area contributed by atoms with Crippen LogP contribution in [-0.4, -0.2) is 70.4 Å². The summed E-state index contributed by atoms with van der Waals surface area (Å²) in [7, 11) is 0. The first-order chi connectivity index (χ1) is 10.7. The lowest BCUT2D eigenvalue weighted by Gasteiger charge is -2.38. The first kappa shape index (κ1) is 15.7. The average molecular weight is 323 g/mol. The zero-order valence-corrected chi connectivity index (χ0v) is 14.3. The number of hydrogen-bond donors (Lipinski definition) is 0. The molecular weight excluding hydrogens is 298 g/mol. The summed E-state index contributed by atoms with van der Waals surface area (Å²) in [5.74, 6) is 1.23. The summed E-state index contributed by atoms with van der Waals surface area (Å²) in [5, 5.41) is 1.02. The number of carbonyl (C=O) groups excluding carboxylic acids is 1. The van der Waals surface area contributed by atoms with Gasteiger partial charge in [-0.1, -0.05) is 6.92 Å². The summed E-state index contributed by atoms with van der Waals surface area (Å²) in [6, 6.07) is 0.000808. The molecular formula is C15H25N5OS. The van der Waals surface area contributed by atoms with Crippen molar-refractivity contribution in [2.24, 2.45) is 0 Å². The van der Waals surface area contributed by atoms with E-state index in [4.69, 9.17) is 0 Å².